The normalized spacial score (nSPS) is 16.8. The van der Waals surface area contributed by atoms with E-state index in [2.05, 4.69) is 15.6 Å². The molecule has 0 spiro atoms. The highest BCUT2D eigenvalue weighted by molar-refractivity contribution is 7.80. The molecule has 1 amide bonds. The van der Waals surface area contributed by atoms with Gasteiger partial charge in [0.05, 0.1) is 24.4 Å². The number of furan rings is 1. The van der Waals surface area contributed by atoms with Crippen LogP contribution >= 0.6 is 12.2 Å². The largest absolute Gasteiger partial charge is 0.465 e. The molecule has 2 aromatic carbocycles. The van der Waals surface area contributed by atoms with E-state index in [4.69, 9.17) is 21.4 Å². The SMILES string of the molecule is COC(=O)c1ccccc1-c1ccc([C@H]2[C@H](c3ccccn3)NC(=S)N2c2ccc(NC(C)=O)cc2)o1. The number of benzene rings is 2. The van der Waals surface area contributed by atoms with Crippen LogP contribution in [0.5, 0.6) is 0 Å². The highest BCUT2D eigenvalue weighted by Crippen LogP contribution is 2.43. The third-order valence-corrected chi connectivity index (χ3v) is 6.39. The molecule has 2 aromatic heterocycles. The van der Waals surface area contributed by atoms with Gasteiger partial charge in [0.25, 0.3) is 0 Å². The van der Waals surface area contributed by atoms with E-state index in [0.29, 0.717) is 33.4 Å². The summed E-state index contributed by atoms with van der Waals surface area (Å²) in [5, 5.41) is 6.69. The fourth-order valence-corrected chi connectivity index (χ4v) is 4.82. The molecule has 1 aliphatic heterocycles. The predicted octanol–water partition coefficient (Wildman–Crippen LogP) is 5.26. The molecule has 0 aliphatic carbocycles. The van der Waals surface area contributed by atoms with Crippen LogP contribution in [0.25, 0.3) is 11.3 Å². The zero-order valence-electron chi connectivity index (χ0n) is 20.2. The number of hydrogen-bond acceptors (Lipinski definition) is 6. The minimum absolute atomic E-state index is 0.144. The highest BCUT2D eigenvalue weighted by Gasteiger charge is 2.42. The molecule has 5 rings (SSSR count). The Morgan fingerprint density at radius 2 is 1.78 bits per heavy atom. The molecule has 9 heteroatoms. The summed E-state index contributed by atoms with van der Waals surface area (Å²) in [7, 11) is 1.35. The number of thiocarbonyl (C=S) groups is 1. The van der Waals surface area contributed by atoms with Crippen molar-refractivity contribution in [1.82, 2.24) is 10.3 Å². The van der Waals surface area contributed by atoms with Crippen molar-refractivity contribution in [3.8, 4) is 11.3 Å². The standard InChI is InChI=1S/C28H24N4O4S/c1-17(33)30-18-10-12-19(13-11-18)32-26(25(31-28(32)37)22-9-5-6-16-29-22)24-15-14-23(36-24)20-7-3-4-8-21(20)27(34)35-2/h3-16,25-26H,1-2H3,(H,30,33)(H,31,37)/t25-,26-/m0/s1. The number of ether oxygens (including phenoxy) is 1. The Labute approximate surface area is 219 Å². The van der Waals surface area contributed by atoms with Crippen LogP contribution in [0.4, 0.5) is 11.4 Å². The van der Waals surface area contributed by atoms with Crippen LogP contribution in [-0.4, -0.2) is 29.1 Å². The average Bonchev–Trinajstić information content (AvgIpc) is 3.53. The van der Waals surface area contributed by atoms with Crippen LogP contribution in [-0.2, 0) is 9.53 Å². The number of carbonyl (C=O) groups is 2. The Kier molecular flexibility index (Phi) is 6.70. The van der Waals surface area contributed by atoms with Crippen molar-refractivity contribution in [2.45, 2.75) is 19.0 Å². The number of anilines is 2. The van der Waals surface area contributed by atoms with Gasteiger partial charge in [0.15, 0.2) is 5.11 Å². The molecule has 0 unspecified atom stereocenters. The summed E-state index contributed by atoms with van der Waals surface area (Å²) in [6.07, 6.45) is 1.74. The number of aromatic nitrogens is 1. The number of pyridine rings is 1. The zero-order valence-corrected chi connectivity index (χ0v) is 21.0. The van der Waals surface area contributed by atoms with E-state index < -0.39 is 5.97 Å². The predicted molar refractivity (Wildman–Crippen MR) is 144 cm³/mol. The average molecular weight is 513 g/mol. The van der Waals surface area contributed by atoms with Gasteiger partial charge in [-0.15, -0.1) is 0 Å². The van der Waals surface area contributed by atoms with Gasteiger partial charge in [-0.25, -0.2) is 4.79 Å². The van der Waals surface area contributed by atoms with Crippen molar-refractivity contribution in [2.75, 3.05) is 17.3 Å². The Hall–Kier alpha value is -4.50. The maximum absolute atomic E-state index is 12.3. The number of hydrogen-bond donors (Lipinski definition) is 2. The van der Waals surface area contributed by atoms with Crippen molar-refractivity contribution >= 4 is 40.6 Å². The third kappa shape index (κ3) is 4.81. The molecule has 0 bridgehead atoms. The minimum atomic E-state index is -0.440. The van der Waals surface area contributed by atoms with Gasteiger partial charge >= 0.3 is 5.97 Å². The topological polar surface area (TPSA) is 96.7 Å². The summed E-state index contributed by atoms with van der Waals surface area (Å²) in [5.41, 5.74) is 3.36. The van der Waals surface area contributed by atoms with Crippen molar-refractivity contribution in [1.29, 1.82) is 0 Å². The molecule has 0 radical (unpaired) electrons. The Morgan fingerprint density at radius 3 is 2.49 bits per heavy atom. The molecule has 1 aliphatic rings. The summed E-state index contributed by atoms with van der Waals surface area (Å²) >= 11 is 5.76. The molecule has 0 saturated carbocycles. The number of methoxy groups -OCH3 is 1. The van der Waals surface area contributed by atoms with Crippen LogP contribution in [0.2, 0.25) is 0 Å². The third-order valence-electron chi connectivity index (χ3n) is 6.08. The summed E-state index contributed by atoms with van der Waals surface area (Å²) in [5.74, 6) is 0.595. The first-order valence-electron chi connectivity index (χ1n) is 11.6. The molecule has 8 nitrogen and oxygen atoms in total. The summed E-state index contributed by atoms with van der Waals surface area (Å²) in [6.45, 7) is 1.47. The van der Waals surface area contributed by atoms with E-state index in [9.17, 15) is 9.59 Å². The number of esters is 1. The Balaban J connectivity index is 1.57. The fraction of sp³-hybridized carbons (Fsp3) is 0.143. The molecular weight excluding hydrogens is 488 g/mol. The van der Waals surface area contributed by atoms with Gasteiger partial charge in [-0.05, 0) is 66.8 Å². The number of carbonyl (C=O) groups excluding carboxylic acids is 2. The van der Waals surface area contributed by atoms with E-state index in [1.807, 2.05) is 71.6 Å². The summed E-state index contributed by atoms with van der Waals surface area (Å²) in [4.78, 5) is 30.3. The number of nitrogens with one attached hydrogen (secondary N) is 2. The molecule has 4 aromatic rings. The van der Waals surface area contributed by atoms with E-state index in [1.165, 1.54) is 14.0 Å². The van der Waals surface area contributed by atoms with Crippen molar-refractivity contribution in [3.05, 3.63) is 102 Å². The number of nitrogens with zero attached hydrogens (tertiary/aromatic N) is 2. The van der Waals surface area contributed by atoms with Crippen LogP contribution in [0.1, 0.15) is 40.8 Å². The number of amides is 1. The van der Waals surface area contributed by atoms with Gasteiger partial charge in [-0.1, -0.05) is 24.3 Å². The first-order valence-corrected chi connectivity index (χ1v) is 12.0. The fourth-order valence-electron chi connectivity index (χ4n) is 4.47. The van der Waals surface area contributed by atoms with Crippen molar-refractivity contribution in [2.24, 2.45) is 0 Å². The molecule has 2 atom stereocenters. The minimum Gasteiger partial charge on any atom is -0.465 e. The smallest absolute Gasteiger partial charge is 0.338 e. The van der Waals surface area contributed by atoms with Crippen LogP contribution in [0, 0.1) is 0 Å². The lowest BCUT2D eigenvalue weighted by Crippen LogP contribution is -2.29. The second kappa shape index (κ2) is 10.2. The molecule has 1 saturated heterocycles. The molecule has 3 heterocycles. The van der Waals surface area contributed by atoms with Gasteiger partial charge in [-0.2, -0.15) is 0 Å². The van der Waals surface area contributed by atoms with E-state index in [1.54, 1.807) is 18.3 Å². The Bertz CT molecular complexity index is 1450. The lowest BCUT2D eigenvalue weighted by molar-refractivity contribution is -0.114. The van der Waals surface area contributed by atoms with Crippen LogP contribution < -0.4 is 15.5 Å². The molecule has 2 N–H and O–H groups in total. The summed E-state index contributed by atoms with van der Waals surface area (Å²) < 4.78 is 11.3. The van der Waals surface area contributed by atoms with E-state index in [0.717, 1.165) is 11.4 Å². The quantitative estimate of drug-likeness (QED) is 0.267. The van der Waals surface area contributed by atoms with E-state index in [-0.39, 0.29) is 18.0 Å². The van der Waals surface area contributed by atoms with Crippen LogP contribution in [0.15, 0.2) is 89.5 Å². The lowest BCUT2D eigenvalue weighted by Gasteiger charge is -2.26. The van der Waals surface area contributed by atoms with Gasteiger partial charge < -0.3 is 24.7 Å². The van der Waals surface area contributed by atoms with Crippen molar-refractivity contribution < 1.29 is 18.7 Å². The van der Waals surface area contributed by atoms with Gasteiger partial charge in [0.2, 0.25) is 5.91 Å². The number of rotatable bonds is 6. The van der Waals surface area contributed by atoms with E-state index >= 15 is 0 Å². The highest BCUT2D eigenvalue weighted by atomic mass is 32.1. The van der Waals surface area contributed by atoms with Gasteiger partial charge in [0.1, 0.15) is 17.6 Å². The summed E-state index contributed by atoms with van der Waals surface area (Å²) in [6, 6.07) is 23.4. The lowest BCUT2D eigenvalue weighted by atomic mass is 10.0. The molecule has 37 heavy (non-hydrogen) atoms. The molecular formula is C28H24N4O4S. The Morgan fingerprint density at radius 1 is 1.03 bits per heavy atom. The molecule has 1 fully saturated rings. The maximum Gasteiger partial charge on any atom is 0.338 e. The first kappa shape index (κ1) is 24.2. The first-order chi connectivity index (χ1) is 18.0. The van der Waals surface area contributed by atoms with Gasteiger partial charge in [0, 0.05) is 30.1 Å². The van der Waals surface area contributed by atoms with Crippen molar-refractivity contribution in [3.63, 3.8) is 0 Å². The van der Waals surface area contributed by atoms with Crippen LogP contribution in [0.3, 0.4) is 0 Å². The van der Waals surface area contributed by atoms with Gasteiger partial charge in [-0.3, -0.25) is 9.78 Å². The maximum atomic E-state index is 12.3. The zero-order chi connectivity index (χ0) is 25.9. The second-order valence-electron chi connectivity index (χ2n) is 8.46. The monoisotopic (exact) mass is 512 g/mol. The molecule has 186 valence electrons. The second-order valence-corrected chi connectivity index (χ2v) is 8.85.